The predicted octanol–water partition coefficient (Wildman–Crippen LogP) is 0.651. The summed E-state index contributed by atoms with van der Waals surface area (Å²) in [6.07, 6.45) is 4.11. The predicted molar refractivity (Wildman–Crippen MR) is 62.8 cm³/mol. The van der Waals surface area contributed by atoms with E-state index in [2.05, 4.69) is 0 Å². The standard InChI is InChI=1S/C13H17NO4/c1-3-7(2)14-6-13-5-4-8(18-13)9(12(16)17)10(13)11(14)15/h4-5,7-10H,3,6H2,1-2H3,(H,16,17)/t7-,8-,9+,10+,13-/m1/s1. The van der Waals surface area contributed by atoms with E-state index in [0.29, 0.717) is 6.54 Å². The number of carboxylic acid groups (broad SMARTS) is 1. The molecule has 0 radical (unpaired) electrons. The maximum atomic E-state index is 12.4. The Kier molecular flexibility index (Phi) is 2.32. The number of carbonyl (C=O) groups is 2. The molecule has 18 heavy (non-hydrogen) atoms. The molecule has 3 aliphatic heterocycles. The van der Waals surface area contributed by atoms with Crippen molar-refractivity contribution >= 4 is 11.9 Å². The Bertz CT molecular complexity index is 446. The molecule has 0 aromatic rings. The molecule has 5 nitrogen and oxygen atoms in total. The number of carbonyl (C=O) groups excluding carboxylic acids is 1. The monoisotopic (exact) mass is 251 g/mol. The molecule has 1 spiro atoms. The van der Waals surface area contributed by atoms with Gasteiger partial charge in [0.2, 0.25) is 5.91 Å². The highest BCUT2D eigenvalue weighted by Gasteiger charge is 2.67. The van der Waals surface area contributed by atoms with Crippen molar-refractivity contribution in [2.75, 3.05) is 6.54 Å². The highest BCUT2D eigenvalue weighted by molar-refractivity contribution is 5.90. The number of ether oxygens (including phenoxy) is 1. The van der Waals surface area contributed by atoms with Gasteiger partial charge in [0.25, 0.3) is 0 Å². The van der Waals surface area contributed by atoms with Crippen LogP contribution in [0.1, 0.15) is 20.3 Å². The molecule has 3 rings (SSSR count). The van der Waals surface area contributed by atoms with Gasteiger partial charge in [-0.05, 0) is 13.3 Å². The van der Waals surface area contributed by atoms with Crippen molar-refractivity contribution in [1.29, 1.82) is 0 Å². The summed E-state index contributed by atoms with van der Waals surface area (Å²) >= 11 is 0. The molecule has 1 N–H and O–H groups in total. The van der Waals surface area contributed by atoms with Crippen molar-refractivity contribution in [1.82, 2.24) is 4.90 Å². The minimum absolute atomic E-state index is 0.0661. The van der Waals surface area contributed by atoms with Gasteiger partial charge in [-0.2, -0.15) is 0 Å². The van der Waals surface area contributed by atoms with E-state index in [-0.39, 0.29) is 11.9 Å². The molecular formula is C13H17NO4. The second-order valence-corrected chi connectivity index (χ2v) is 5.46. The highest BCUT2D eigenvalue weighted by atomic mass is 16.5. The Hall–Kier alpha value is -1.36. The van der Waals surface area contributed by atoms with Gasteiger partial charge in [0.1, 0.15) is 11.5 Å². The van der Waals surface area contributed by atoms with Gasteiger partial charge in [0.15, 0.2) is 0 Å². The molecule has 0 unspecified atom stereocenters. The summed E-state index contributed by atoms with van der Waals surface area (Å²) in [7, 11) is 0. The van der Waals surface area contributed by atoms with Crippen LogP contribution in [-0.2, 0) is 14.3 Å². The molecule has 3 aliphatic rings. The molecule has 2 saturated heterocycles. The number of hydrogen-bond donors (Lipinski definition) is 1. The lowest BCUT2D eigenvalue weighted by atomic mass is 9.77. The number of nitrogens with zero attached hydrogens (tertiary/aromatic N) is 1. The summed E-state index contributed by atoms with van der Waals surface area (Å²) in [6.45, 7) is 4.50. The number of carboxylic acids is 1. The molecular weight excluding hydrogens is 234 g/mol. The molecule has 0 aliphatic carbocycles. The first-order chi connectivity index (χ1) is 8.50. The van der Waals surface area contributed by atoms with Gasteiger partial charge in [-0.3, -0.25) is 9.59 Å². The van der Waals surface area contributed by atoms with Crippen LogP contribution >= 0.6 is 0 Å². The van der Waals surface area contributed by atoms with Crippen LogP contribution in [0.4, 0.5) is 0 Å². The van der Waals surface area contributed by atoms with E-state index in [4.69, 9.17) is 4.74 Å². The van der Waals surface area contributed by atoms with Gasteiger partial charge >= 0.3 is 5.97 Å². The normalized spacial score (nSPS) is 42.4. The highest BCUT2D eigenvalue weighted by Crippen LogP contribution is 2.52. The summed E-state index contributed by atoms with van der Waals surface area (Å²) in [5, 5.41) is 9.29. The number of hydrogen-bond acceptors (Lipinski definition) is 3. The SMILES string of the molecule is CC[C@@H](C)N1C[C@@]23C=C[C@@H](O2)[C@H](C(=O)O)[C@H]3C1=O. The Morgan fingerprint density at radius 1 is 1.72 bits per heavy atom. The fourth-order valence-corrected chi connectivity index (χ4v) is 3.40. The molecule has 2 bridgehead atoms. The summed E-state index contributed by atoms with van der Waals surface area (Å²) in [4.78, 5) is 25.5. The van der Waals surface area contributed by atoms with Crippen molar-refractivity contribution in [2.45, 2.75) is 38.0 Å². The van der Waals surface area contributed by atoms with E-state index in [9.17, 15) is 14.7 Å². The van der Waals surface area contributed by atoms with Gasteiger partial charge in [-0.15, -0.1) is 0 Å². The summed E-state index contributed by atoms with van der Waals surface area (Å²) in [5.74, 6) is -2.27. The topological polar surface area (TPSA) is 66.8 Å². The third-order valence-corrected chi connectivity index (χ3v) is 4.54. The molecule has 0 saturated carbocycles. The maximum Gasteiger partial charge on any atom is 0.310 e. The van der Waals surface area contributed by atoms with Crippen LogP contribution in [0, 0.1) is 11.8 Å². The summed E-state index contributed by atoms with van der Waals surface area (Å²) < 4.78 is 5.80. The van der Waals surface area contributed by atoms with Gasteiger partial charge in [0.05, 0.1) is 18.6 Å². The van der Waals surface area contributed by atoms with E-state index in [0.717, 1.165) is 6.42 Å². The lowest BCUT2D eigenvalue weighted by molar-refractivity contribution is -0.148. The molecule has 0 aromatic heterocycles. The molecule has 5 heteroatoms. The minimum atomic E-state index is -0.935. The molecule has 0 aromatic carbocycles. The second kappa shape index (κ2) is 3.57. The van der Waals surface area contributed by atoms with Crippen LogP contribution < -0.4 is 0 Å². The van der Waals surface area contributed by atoms with Crippen LogP contribution in [-0.4, -0.2) is 46.2 Å². The van der Waals surface area contributed by atoms with Crippen molar-refractivity contribution in [3.8, 4) is 0 Å². The molecule has 98 valence electrons. The number of rotatable bonds is 3. The minimum Gasteiger partial charge on any atom is -0.481 e. The smallest absolute Gasteiger partial charge is 0.310 e. The number of amides is 1. The summed E-state index contributed by atoms with van der Waals surface area (Å²) in [5.41, 5.74) is -0.686. The first-order valence-electron chi connectivity index (χ1n) is 6.40. The van der Waals surface area contributed by atoms with Gasteiger partial charge in [-0.1, -0.05) is 19.1 Å². The Labute approximate surface area is 105 Å². The maximum absolute atomic E-state index is 12.4. The zero-order valence-corrected chi connectivity index (χ0v) is 10.5. The third kappa shape index (κ3) is 1.25. The van der Waals surface area contributed by atoms with Crippen molar-refractivity contribution in [3.63, 3.8) is 0 Å². The molecule has 1 amide bonds. The molecule has 5 atom stereocenters. The van der Waals surface area contributed by atoms with E-state index < -0.39 is 29.5 Å². The number of aliphatic carboxylic acids is 1. The number of likely N-dealkylation sites (tertiary alicyclic amines) is 1. The average Bonchev–Trinajstić information content (AvgIpc) is 2.96. The van der Waals surface area contributed by atoms with E-state index >= 15 is 0 Å². The molecule has 2 fully saturated rings. The van der Waals surface area contributed by atoms with E-state index in [1.54, 1.807) is 11.0 Å². The first kappa shape index (κ1) is 11.7. The quantitative estimate of drug-likeness (QED) is 0.748. The zero-order valence-electron chi connectivity index (χ0n) is 10.5. The summed E-state index contributed by atoms with van der Waals surface area (Å²) in [6, 6.07) is 0.128. The Balaban J connectivity index is 1.97. The lowest BCUT2D eigenvalue weighted by Gasteiger charge is -2.26. The van der Waals surface area contributed by atoms with Crippen LogP contribution in [0.2, 0.25) is 0 Å². The largest absolute Gasteiger partial charge is 0.481 e. The fraction of sp³-hybridized carbons (Fsp3) is 0.692. The van der Waals surface area contributed by atoms with Crippen molar-refractivity contribution in [2.24, 2.45) is 11.8 Å². The van der Waals surface area contributed by atoms with Crippen LogP contribution in [0.15, 0.2) is 12.2 Å². The second-order valence-electron chi connectivity index (χ2n) is 5.46. The van der Waals surface area contributed by atoms with Crippen LogP contribution in [0.25, 0.3) is 0 Å². The van der Waals surface area contributed by atoms with E-state index in [1.807, 2.05) is 19.9 Å². The lowest BCUT2D eigenvalue weighted by Crippen LogP contribution is -2.40. The van der Waals surface area contributed by atoms with Crippen LogP contribution in [0.3, 0.4) is 0 Å². The van der Waals surface area contributed by atoms with Crippen molar-refractivity contribution < 1.29 is 19.4 Å². The first-order valence-corrected chi connectivity index (χ1v) is 6.40. The Morgan fingerprint density at radius 3 is 3.06 bits per heavy atom. The van der Waals surface area contributed by atoms with Crippen molar-refractivity contribution in [3.05, 3.63) is 12.2 Å². The van der Waals surface area contributed by atoms with Gasteiger partial charge < -0.3 is 14.7 Å². The van der Waals surface area contributed by atoms with Gasteiger partial charge in [0, 0.05) is 6.04 Å². The van der Waals surface area contributed by atoms with E-state index in [1.165, 1.54) is 0 Å². The number of fused-ring (bicyclic) bond motifs is 1. The van der Waals surface area contributed by atoms with Crippen LogP contribution in [0.5, 0.6) is 0 Å². The zero-order chi connectivity index (χ0) is 13.1. The average molecular weight is 251 g/mol. The molecule has 3 heterocycles. The Morgan fingerprint density at radius 2 is 2.44 bits per heavy atom. The fourth-order valence-electron chi connectivity index (χ4n) is 3.40. The van der Waals surface area contributed by atoms with Gasteiger partial charge in [-0.25, -0.2) is 0 Å². The third-order valence-electron chi connectivity index (χ3n) is 4.54.